The number of carbonyl (C=O) groups is 2. The lowest BCUT2D eigenvalue weighted by Gasteiger charge is -2.57. The van der Waals surface area contributed by atoms with E-state index in [4.69, 9.17) is 15.6 Å². The van der Waals surface area contributed by atoms with Gasteiger partial charge in [0.05, 0.1) is 17.5 Å². The summed E-state index contributed by atoms with van der Waals surface area (Å²) in [5, 5.41) is 8.93. The number of carboxylic acids is 1. The minimum atomic E-state index is -1.11. The van der Waals surface area contributed by atoms with Crippen molar-refractivity contribution in [3.63, 3.8) is 0 Å². The lowest BCUT2D eigenvalue weighted by atomic mass is 9.47. The first-order chi connectivity index (χ1) is 18.7. The van der Waals surface area contributed by atoms with Crippen LogP contribution in [-0.4, -0.2) is 38.7 Å². The van der Waals surface area contributed by atoms with Gasteiger partial charge in [0.2, 0.25) is 0 Å². The van der Waals surface area contributed by atoms with Crippen molar-refractivity contribution >= 4 is 28.7 Å². The topological polar surface area (TPSA) is 107 Å². The van der Waals surface area contributed by atoms with E-state index in [0.717, 1.165) is 37.6 Å². The van der Waals surface area contributed by atoms with Crippen LogP contribution in [0.5, 0.6) is 0 Å². The minimum absolute atomic E-state index is 0.126. The van der Waals surface area contributed by atoms with Gasteiger partial charge < -0.3 is 20.1 Å². The summed E-state index contributed by atoms with van der Waals surface area (Å²) in [5.74, 6) is 0.191. The van der Waals surface area contributed by atoms with Crippen molar-refractivity contribution < 1.29 is 19.4 Å². The van der Waals surface area contributed by atoms with E-state index in [9.17, 15) is 9.59 Å². The Bertz CT molecular complexity index is 1310. The van der Waals surface area contributed by atoms with Gasteiger partial charge in [0, 0.05) is 17.5 Å². The normalized spacial score (nSPS) is 33.9. The first-order valence-corrected chi connectivity index (χ1v) is 14.7. The number of esters is 1. The highest BCUT2D eigenvalue weighted by molar-refractivity contribution is 5.82. The molecule has 7 nitrogen and oxygen atoms in total. The molecule has 2 fully saturated rings. The number of nitrogens with two attached hydrogens (primary N) is 1. The monoisotopic (exact) mass is 533 g/mol. The molecule has 4 aliphatic rings. The van der Waals surface area contributed by atoms with Crippen LogP contribution in [0.25, 0.3) is 16.7 Å². The molecule has 1 aromatic carbocycles. The van der Waals surface area contributed by atoms with Crippen LogP contribution in [0.15, 0.2) is 48.3 Å². The molecular formula is C32H43N3O4. The minimum Gasteiger partial charge on any atom is -0.481 e. The van der Waals surface area contributed by atoms with Crippen molar-refractivity contribution in [2.75, 3.05) is 0 Å². The predicted octanol–water partition coefficient (Wildman–Crippen LogP) is 6.19. The number of para-hydroxylation sites is 2. The number of ether oxygens (including phenoxy) is 1. The van der Waals surface area contributed by atoms with E-state index < -0.39 is 24.4 Å². The second-order valence-corrected chi connectivity index (χ2v) is 12.1. The van der Waals surface area contributed by atoms with Crippen LogP contribution in [0.2, 0.25) is 0 Å². The number of allylic oxidation sites excluding steroid dienone is 3. The van der Waals surface area contributed by atoms with Gasteiger partial charge in [-0.1, -0.05) is 57.6 Å². The molecule has 3 N–H and O–H groups in total. The molecule has 1 aromatic heterocycles. The maximum absolute atomic E-state index is 12.3. The molecule has 0 amide bonds. The second kappa shape index (κ2) is 10.6. The van der Waals surface area contributed by atoms with Crippen LogP contribution in [0, 0.1) is 28.6 Å². The molecule has 7 atom stereocenters. The number of rotatable bonds is 5. The molecule has 2 aromatic rings. The van der Waals surface area contributed by atoms with Crippen molar-refractivity contribution in [1.29, 1.82) is 0 Å². The Labute approximate surface area is 231 Å². The Morgan fingerprint density at radius 3 is 2.62 bits per heavy atom. The molecular weight excluding hydrogens is 490 g/mol. The molecule has 210 valence electrons. The number of fused-ring (bicyclic) bond motifs is 6. The van der Waals surface area contributed by atoms with E-state index >= 15 is 0 Å². The molecule has 1 heterocycles. The van der Waals surface area contributed by atoms with Crippen molar-refractivity contribution in [2.24, 2.45) is 34.3 Å². The number of aliphatic carboxylic acids is 1. The van der Waals surface area contributed by atoms with E-state index in [0.29, 0.717) is 17.8 Å². The Balaban J connectivity index is 0.00000151. The molecule has 0 saturated heterocycles. The smallest absolute Gasteiger partial charge is 0.323 e. The first kappa shape index (κ1) is 27.6. The zero-order valence-electron chi connectivity index (χ0n) is 23.7. The highest BCUT2D eigenvalue weighted by Crippen LogP contribution is 2.65. The van der Waals surface area contributed by atoms with Crippen LogP contribution in [0.1, 0.15) is 79.1 Å². The summed E-state index contributed by atoms with van der Waals surface area (Å²) < 4.78 is 8.00. The lowest BCUT2D eigenvalue weighted by Crippen LogP contribution is -2.50. The number of hydrogen-bond donors (Lipinski definition) is 2. The van der Waals surface area contributed by atoms with Gasteiger partial charge in [0.25, 0.3) is 0 Å². The first-order valence-electron chi connectivity index (χ1n) is 14.7. The molecule has 6 rings (SSSR count). The second-order valence-electron chi connectivity index (χ2n) is 12.1. The summed E-state index contributed by atoms with van der Waals surface area (Å²) in [6, 6.07) is 7.28. The van der Waals surface area contributed by atoms with Crippen LogP contribution < -0.4 is 5.73 Å². The van der Waals surface area contributed by atoms with Gasteiger partial charge in [-0.25, -0.2) is 4.98 Å². The molecule has 0 radical (unpaired) electrons. The molecule has 0 bridgehead atoms. The van der Waals surface area contributed by atoms with Crippen LogP contribution in [0.4, 0.5) is 0 Å². The molecule has 39 heavy (non-hydrogen) atoms. The molecule has 4 aliphatic carbocycles. The highest BCUT2D eigenvalue weighted by Gasteiger charge is 2.57. The van der Waals surface area contributed by atoms with E-state index in [1.54, 1.807) is 0 Å². The zero-order chi connectivity index (χ0) is 27.9. The predicted molar refractivity (Wildman–Crippen MR) is 153 cm³/mol. The van der Waals surface area contributed by atoms with E-state index in [2.05, 4.69) is 53.7 Å². The molecule has 7 heteroatoms. The number of carbonyl (C=O) groups excluding carboxylic acids is 1. The van der Waals surface area contributed by atoms with Gasteiger partial charge in [0.1, 0.15) is 18.5 Å². The third kappa shape index (κ3) is 4.62. The summed E-state index contributed by atoms with van der Waals surface area (Å²) in [7, 11) is 0. The van der Waals surface area contributed by atoms with Gasteiger partial charge >= 0.3 is 11.9 Å². The van der Waals surface area contributed by atoms with Crippen molar-refractivity contribution in [3.8, 4) is 0 Å². The van der Waals surface area contributed by atoms with Crippen molar-refractivity contribution in [1.82, 2.24) is 9.55 Å². The largest absolute Gasteiger partial charge is 0.481 e. The zero-order valence-corrected chi connectivity index (χ0v) is 23.7. The van der Waals surface area contributed by atoms with Crippen molar-refractivity contribution in [3.05, 3.63) is 48.3 Å². The molecule has 0 spiro atoms. The molecule has 2 saturated carbocycles. The Kier molecular flexibility index (Phi) is 7.49. The fourth-order valence-corrected chi connectivity index (χ4v) is 8.32. The van der Waals surface area contributed by atoms with Gasteiger partial charge in [-0.3, -0.25) is 9.59 Å². The Morgan fingerprint density at radius 2 is 1.85 bits per heavy atom. The van der Waals surface area contributed by atoms with Crippen LogP contribution >= 0.6 is 0 Å². The third-order valence-electron chi connectivity index (χ3n) is 10.3. The number of aromatic nitrogens is 2. The van der Waals surface area contributed by atoms with E-state index in [1.807, 2.05) is 26.2 Å². The summed E-state index contributed by atoms with van der Waals surface area (Å²) >= 11 is 0. The SMILES string of the molecule is CC.CC12CCC(OC(=O)C(N)CC(=O)O)CC1=CCC1C2CCC2(C)C(n3cnc4ccccc43)=CCC12. The van der Waals surface area contributed by atoms with Gasteiger partial charge in [-0.2, -0.15) is 0 Å². The number of hydrogen-bond acceptors (Lipinski definition) is 5. The summed E-state index contributed by atoms with van der Waals surface area (Å²) in [6.07, 6.45) is 13.4. The number of imidazole rings is 1. The maximum atomic E-state index is 12.3. The molecule has 0 aliphatic heterocycles. The standard InChI is InChI=1S/C30H37N3O4.C2H6/c1-29-13-11-19(37-28(36)23(31)16-27(34)35)15-18(29)7-8-20-21-9-10-26(30(21,2)14-12-22(20)29)33-17-32-24-5-3-4-6-25(24)33;1-2/h3-7,10,17,19-23H,8-9,11-16,31H2,1-2H3,(H,34,35);1-2H3. The number of carboxylic acid groups (broad SMARTS) is 1. The van der Waals surface area contributed by atoms with Crippen molar-refractivity contribution in [2.45, 2.75) is 91.2 Å². The third-order valence-corrected chi connectivity index (χ3v) is 10.3. The summed E-state index contributed by atoms with van der Waals surface area (Å²) in [4.78, 5) is 27.9. The Hall–Kier alpha value is -2.93. The summed E-state index contributed by atoms with van der Waals surface area (Å²) in [6.45, 7) is 8.90. The molecule has 7 unspecified atom stereocenters. The van der Waals surface area contributed by atoms with Crippen LogP contribution in [0.3, 0.4) is 0 Å². The summed E-state index contributed by atoms with van der Waals surface area (Å²) in [5.41, 5.74) is 11.1. The Morgan fingerprint density at radius 1 is 1.10 bits per heavy atom. The van der Waals surface area contributed by atoms with Gasteiger partial charge in [-0.05, 0) is 73.8 Å². The number of nitrogens with zero attached hydrogens (tertiary/aromatic N) is 2. The average molecular weight is 534 g/mol. The van der Waals surface area contributed by atoms with E-state index in [-0.39, 0.29) is 16.9 Å². The van der Waals surface area contributed by atoms with Gasteiger partial charge in [0.15, 0.2) is 0 Å². The maximum Gasteiger partial charge on any atom is 0.323 e. The quantitative estimate of drug-likeness (QED) is 0.351. The number of benzene rings is 1. The lowest BCUT2D eigenvalue weighted by molar-refractivity contribution is -0.155. The van der Waals surface area contributed by atoms with Gasteiger partial charge in [-0.15, -0.1) is 0 Å². The fourth-order valence-electron chi connectivity index (χ4n) is 8.32. The van der Waals surface area contributed by atoms with E-state index in [1.165, 1.54) is 29.6 Å². The average Bonchev–Trinajstić information content (AvgIpc) is 3.50. The fraction of sp³-hybridized carbons (Fsp3) is 0.594. The highest BCUT2D eigenvalue weighted by atomic mass is 16.5. The van der Waals surface area contributed by atoms with Crippen LogP contribution in [-0.2, 0) is 14.3 Å².